The van der Waals surface area contributed by atoms with Gasteiger partial charge >= 0.3 is 18.2 Å². The van der Waals surface area contributed by atoms with Crippen molar-refractivity contribution in [3.8, 4) is 0 Å². The standard InChI is InChI=1S/C23H32N2O6/c1-23(2,3)31-22(28)25-14-12-17(13-15-25)10-11-19(20(26)29-4)24-21(27)30-16-18-8-6-5-7-9-18/h5-9,11,17H,10,12-16H2,1-4H3,(H,24,27)/b19-11-. The van der Waals surface area contributed by atoms with E-state index in [1.165, 1.54) is 7.11 Å². The van der Waals surface area contributed by atoms with E-state index in [0.717, 1.165) is 18.4 Å². The number of hydrogen-bond acceptors (Lipinski definition) is 6. The monoisotopic (exact) mass is 432 g/mol. The molecule has 0 radical (unpaired) electrons. The molecule has 1 fully saturated rings. The van der Waals surface area contributed by atoms with Crippen LogP contribution in [0.25, 0.3) is 0 Å². The highest BCUT2D eigenvalue weighted by atomic mass is 16.6. The molecule has 0 saturated carbocycles. The minimum absolute atomic E-state index is 0.0510. The van der Waals surface area contributed by atoms with Crippen LogP contribution in [0.15, 0.2) is 42.1 Å². The Hall–Kier alpha value is -3.03. The summed E-state index contributed by atoms with van der Waals surface area (Å²) in [5, 5.41) is 2.47. The van der Waals surface area contributed by atoms with Gasteiger partial charge in [-0.05, 0) is 51.5 Å². The molecule has 1 saturated heterocycles. The molecule has 0 unspecified atom stereocenters. The van der Waals surface area contributed by atoms with Crippen LogP contribution in [0.1, 0.15) is 45.6 Å². The summed E-state index contributed by atoms with van der Waals surface area (Å²) in [6.45, 7) is 6.81. The van der Waals surface area contributed by atoms with Crippen molar-refractivity contribution in [1.82, 2.24) is 10.2 Å². The maximum Gasteiger partial charge on any atom is 0.412 e. The predicted molar refractivity (Wildman–Crippen MR) is 115 cm³/mol. The second kappa shape index (κ2) is 11.4. The van der Waals surface area contributed by atoms with E-state index < -0.39 is 17.7 Å². The van der Waals surface area contributed by atoms with Gasteiger partial charge in [-0.2, -0.15) is 0 Å². The Kier molecular flexibility index (Phi) is 8.90. The minimum Gasteiger partial charge on any atom is -0.464 e. The number of esters is 1. The SMILES string of the molecule is COC(=O)/C(=C/CC1CCN(C(=O)OC(C)(C)C)CC1)NC(=O)OCc1ccccc1. The number of alkyl carbamates (subject to hydrolysis) is 1. The van der Waals surface area contributed by atoms with E-state index in [-0.39, 0.29) is 24.3 Å². The van der Waals surface area contributed by atoms with E-state index in [9.17, 15) is 14.4 Å². The van der Waals surface area contributed by atoms with E-state index in [1.807, 2.05) is 51.1 Å². The van der Waals surface area contributed by atoms with Crippen molar-refractivity contribution in [1.29, 1.82) is 0 Å². The molecule has 0 bridgehead atoms. The maximum absolute atomic E-state index is 12.2. The molecule has 2 amide bonds. The topological polar surface area (TPSA) is 94.2 Å². The molecule has 0 aromatic heterocycles. The number of nitrogens with zero attached hydrogens (tertiary/aromatic N) is 1. The third-order valence-electron chi connectivity index (χ3n) is 4.78. The first-order valence-electron chi connectivity index (χ1n) is 10.4. The first-order valence-corrected chi connectivity index (χ1v) is 10.4. The molecule has 8 heteroatoms. The van der Waals surface area contributed by atoms with Crippen LogP contribution in [0, 0.1) is 5.92 Å². The van der Waals surface area contributed by atoms with Gasteiger partial charge in [-0.15, -0.1) is 0 Å². The molecular weight excluding hydrogens is 400 g/mol. The second-order valence-electron chi connectivity index (χ2n) is 8.44. The minimum atomic E-state index is -0.722. The van der Waals surface area contributed by atoms with Gasteiger partial charge in [0.15, 0.2) is 0 Å². The fourth-order valence-corrected chi connectivity index (χ4v) is 3.13. The number of amides is 2. The predicted octanol–water partition coefficient (Wildman–Crippen LogP) is 4.01. The molecule has 170 valence electrons. The molecule has 1 aliphatic heterocycles. The van der Waals surface area contributed by atoms with Gasteiger partial charge in [-0.3, -0.25) is 5.32 Å². The largest absolute Gasteiger partial charge is 0.464 e. The van der Waals surface area contributed by atoms with Crippen molar-refractivity contribution in [2.24, 2.45) is 5.92 Å². The zero-order valence-electron chi connectivity index (χ0n) is 18.7. The van der Waals surface area contributed by atoms with Crippen LogP contribution in [0.3, 0.4) is 0 Å². The quantitative estimate of drug-likeness (QED) is 0.415. The highest BCUT2D eigenvalue weighted by Gasteiger charge is 2.26. The molecule has 1 heterocycles. The lowest BCUT2D eigenvalue weighted by molar-refractivity contribution is -0.136. The Labute approximate surface area is 183 Å². The van der Waals surface area contributed by atoms with Gasteiger partial charge in [0, 0.05) is 13.1 Å². The molecule has 1 aliphatic rings. The van der Waals surface area contributed by atoms with Crippen molar-refractivity contribution in [2.75, 3.05) is 20.2 Å². The Bertz CT molecular complexity index is 777. The average molecular weight is 433 g/mol. The third-order valence-corrected chi connectivity index (χ3v) is 4.78. The zero-order valence-corrected chi connectivity index (χ0v) is 18.7. The number of hydrogen-bond donors (Lipinski definition) is 1. The van der Waals surface area contributed by atoms with Crippen LogP contribution in [0.2, 0.25) is 0 Å². The van der Waals surface area contributed by atoms with Crippen LogP contribution >= 0.6 is 0 Å². The molecule has 1 N–H and O–H groups in total. The second-order valence-corrected chi connectivity index (χ2v) is 8.44. The van der Waals surface area contributed by atoms with E-state index in [4.69, 9.17) is 14.2 Å². The van der Waals surface area contributed by atoms with Crippen LogP contribution in [0.5, 0.6) is 0 Å². The number of allylic oxidation sites excluding steroid dienone is 1. The number of nitrogens with one attached hydrogen (secondary N) is 1. The number of rotatable bonds is 6. The zero-order chi connectivity index (χ0) is 22.9. The van der Waals surface area contributed by atoms with Crippen molar-refractivity contribution in [3.63, 3.8) is 0 Å². The van der Waals surface area contributed by atoms with Crippen LogP contribution in [-0.4, -0.2) is 48.9 Å². The summed E-state index contributed by atoms with van der Waals surface area (Å²) in [6, 6.07) is 9.26. The molecule has 0 aliphatic carbocycles. The number of methoxy groups -OCH3 is 1. The summed E-state index contributed by atoms with van der Waals surface area (Å²) < 4.78 is 15.3. The number of piperidine rings is 1. The van der Waals surface area contributed by atoms with E-state index in [0.29, 0.717) is 19.5 Å². The first-order chi connectivity index (χ1) is 14.7. The number of carbonyl (C=O) groups excluding carboxylic acids is 3. The van der Waals surface area contributed by atoms with Gasteiger partial charge in [-0.25, -0.2) is 14.4 Å². The third kappa shape index (κ3) is 8.70. The number of ether oxygens (including phenoxy) is 3. The normalized spacial score (nSPS) is 15.2. The summed E-state index contributed by atoms with van der Waals surface area (Å²) >= 11 is 0. The first kappa shape index (κ1) is 24.2. The fourth-order valence-electron chi connectivity index (χ4n) is 3.13. The van der Waals surface area contributed by atoms with Crippen LogP contribution in [0.4, 0.5) is 9.59 Å². The van der Waals surface area contributed by atoms with Gasteiger partial charge in [-0.1, -0.05) is 36.4 Å². The van der Waals surface area contributed by atoms with Gasteiger partial charge in [0.05, 0.1) is 7.11 Å². The lowest BCUT2D eigenvalue weighted by atomic mass is 9.93. The van der Waals surface area contributed by atoms with Gasteiger partial charge in [0.2, 0.25) is 0 Å². The van der Waals surface area contributed by atoms with Gasteiger partial charge in [0.25, 0.3) is 0 Å². The Balaban J connectivity index is 1.84. The molecule has 0 spiro atoms. The molecule has 0 atom stereocenters. The molecule has 2 rings (SSSR count). The lowest BCUT2D eigenvalue weighted by Gasteiger charge is -2.33. The fraction of sp³-hybridized carbons (Fsp3) is 0.522. The summed E-state index contributed by atoms with van der Waals surface area (Å²) in [5.74, 6) is -0.358. The maximum atomic E-state index is 12.2. The van der Waals surface area contributed by atoms with Gasteiger partial charge < -0.3 is 19.1 Å². The Morgan fingerprint density at radius 2 is 1.77 bits per heavy atom. The summed E-state index contributed by atoms with van der Waals surface area (Å²) in [4.78, 5) is 38.0. The molecule has 8 nitrogen and oxygen atoms in total. The summed E-state index contributed by atoms with van der Waals surface area (Å²) in [7, 11) is 1.26. The molecular formula is C23H32N2O6. The summed E-state index contributed by atoms with van der Waals surface area (Å²) in [5.41, 5.74) is 0.375. The van der Waals surface area contributed by atoms with Crippen molar-refractivity contribution in [2.45, 2.75) is 52.2 Å². The number of benzene rings is 1. The van der Waals surface area contributed by atoms with Crippen LogP contribution in [-0.2, 0) is 25.6 Å². The van der Waals surface area contributed by atoms with E-state index in [2.05, 4.69) is 5.32 Å². The van der Waals surface area contributed by atoms with Crippen LogP contribution < -0.4 is 5.32 Å². The molecule has 1 aromatic rings. The summed E-state index contributed by atoms with van der Waals surface area (Å²) in [6.07, 6.45) is 2.76. The molecule has 1 aromatic carbocycles. The van der Waals surface area contributed by atoms with E-state index in [1.54, 1.807) is 11.0 Å². The van der Waals surface area contributed by atoms with Crippen molar-refractivity contribution >= 4 is 18.2 Å². The van der Waals surface area contributed by atoms with Gasteiger partial charge in [0.1, 0.15) is 17.9 Å². The number of carbonyl (C=O) groups is 3. The smallest absolute Gasteiger partial charge is 0.412 e. The lowest BCUT2D eigenvalue weighted by Crippen LogP contribution is -2.41. The molecule has 31 heavy (non-hydrogen) atoms. The van der Waals surface area contributed by atoms with E-state index >= 15 is 0 Å². The highest BCUT2D eigenvalue weighted by molar-refractivity contribution is 5.92. The Morgan fingerprint density at radius 1 is 1.13 bits per heavy atom. The number of likely N-dealkylation sites (tertiary alicyclic amines) is 1. The van der Waals surface area contributed by atoms with Crippen molar-refractivity contribution in [3.05, 3.63) is 47.7 Å². The average Bonchev–Trinajstić information content (AvgIpc) is 2.74. The van der Waals surface area contributed by atoms with Crippen molar-refractivity contribution < 1.29 is 28.6 Å². The Morgan fingerprint density at radius 3 is 2.35 bits per heavy atom. The highest BCUT2D eigenvalue weighted by Crippen LogP contribution is 2.23.